The first-order chi connectivity index (χ1) is 8.61. The Morgan fingerprint density at radius 3 is 2.78 bits per heavy atom. The number of hydrogen-bond acceptors (Lipinski definition) is 4. The fourth-order valence-corrected chi connectivity index (χ4v) is 1.57. The number of nitrogens with one attached hydrogen (secondary N) is 1. The monoisotopic (exact) mass is 253 g/mol. The van der Waals surface area contributed by atoms with E-state index in [1.165, 1.54) is 6.07 Å². The molecule has 1 unspecified atom stereocenters. The Morgan fingerprint density at radius 2 is 2.11 bits per heavy atom. The minimum Gasteiger partial charge on any atom is -0.419 e. The third-order valence-corrected chi connectivity index (χ3v) is 2.48. The molecule has 1 aromatic carbocycles. The lowest BCUT2D eigenvalue weighted by molar-refractivity contribution is 0.427. The molecule has 1 N–H and O–H groups in total. The summed E-state index contributed by atoms with van der Waals surface area (Å²) in [6, 6.07) is 3.10. The molecule has 4 nitrogen and oxygen atoms in total. The molecule has 1 heterocycles. The second kappa shape index (κ2) is 5.22. The van der Waals surface area contributed by atoms with Crippen molar-refractivity contribution in [3.05, 3.63) is 35.7 Å². The van der Waals surface area contributed by atoms with Crippen molar-refractivity contribution in [3.8, 4) is 11.5 Å². The molecule has 0 saturated heterocycles. The zero-order valence-corrected chi connectivity index (χ0v) is 10.1. The number of rotatable bonds is 4. The maximum absolute atomic E-state index is 13.5. The van der Waals surface area contributed by atoms with Crippen LogP contribution in [0.1, 0.15) is 25.8 Å². The van der Waals surface area contributed by atoms with Crippen molar-refractivity contribution in [3.63, 3.8) is 0 Å². The first kappa shape index (κ1) is 12.6. The van der Waals surface area contributed by atoms with E-state index < -0.39 is 11.6 Å². The average Bonchev–Trinajstić information content (AvgIpc) is 2.78. The summed E-state index contributed by atoms with van der Waals surface area (Å²) < 4.78 is 31.6. The smallest absolute Gasteiger partial charge is 0.250 e. The van der Waals surface area contributed by atoms with Gasteiger partial charge in [0.1, 0.15) is 11.6 Å². The van der Waals surface area contributed by atoms with Crippen molar-refractivity contribution in [2.45, 2.75) is 19.9 Å². The van der Waals surface area contributed by atoms with E-state index >= 15 is 0 Å². The average molecular weight is 253 g/mol. The summed E-state index contributed by atoms with van der Waals surface area (Å²) in [6.07, 6.45) is 0. The molecule has 0 fully saturated rings. The number of hydrogen-bond donors (Lipinski definition) is 1. The van der Waals surface area contributed by atoms with Gasteiger partial charge in [-0.3, -0.25) is 0 Å². The molecular weight excluding hydrogens is 240 g/mol. The SMILES string of the molecule is CCNC(C)c1nnc(-c2ccc(F)cc2F)o1. The molecule has 2 aromatic rings. The number of halogens is 2. The molecular formula is C12H13F2N3O. The highest BCUT2D eigenvalue weighted by Crippen LogP contribution is 2.23. The molecule has 18 heavy (non-hydrogen) atoms. The minimum atomic E-state index is -0.721. The van der Waals surface area contributed by atoms with E-state index in [0.29, 0.717) is 5.89 Å². The van der Waals surface area contributed by atoms with Gasteiger partial charge in [0, 0.05) is 6.07 Å². The fourth-order valence-electron chi connectivity index (χ4n) is 1.57. The predicted molar refractivity (Wildman–Crippen MR) is 61.7 cm³/mol. The van der Waals surface area contributed by atoms with Gasteiger partial charge in [-0.05, 0) is 25.6 Å². The van der Waals surface area contributed by atoms with Gasteiger partial charge in [-0.1, -0.05) is 6.92 Å². The maximum Gasteiger partial charge on any atom is 0.250 e. The van der Waals surface area contributed by atoms with Crippen molar-refractivity contribution in [1.82, 2.24) is 15.5 Å². The van der Waals surface area contributed by atoms with Crippen LogP contribution < -0.4 is 5.32 Å². The summed E-state index contributed by atoms with van der Waals surface area (Å²) in [5, 5.41) is 10.7. The molecule has 1 aromatic heterocycles. The molecule has 6 heteroatoms. The standard InChI is InChI=1S/C12H13F2N3O/c1-3-15-7(2)11-16-17-12(18-11)9-5-4-8(13)6-10(9)14/h4-7,15H,3H2,1-2H3. The normalized spacial score (nSPS) is 12.7. The zero-order valence-electron chi connectivity index (χ0n) is 10.1. The third-order valence-electron chi connectivity index (χ3n) is 2.48. The van der Waals surface area contributed by atoms with Gasteiger partial charge in [-0.15, -0.1) is 10.2 Å². The molecule has 0 amide bonds. The van der Waals surface area contributed by atoms with Crippen molar-refractivity contribution in [2.75, 3.05) is 6.54 Å². The molecule has 1 atom stereocenters. The van der Waals surface area contributed by atoms with Crippen LogP contribution in [0.25, 0.3) is 11.5 Å². The van der Waals surface area contributed by atoms with Crippen molar-refractivity contribution >= 4 is 0 Å². The molecule has 0 aliphatic carbocycles. The Kier molecular flexibility index (Phi) is 3.66. The summed E-state index contributed by atoms with van der Waals surface area (Å²) in [4.78, 5) is 0. The van der Waals surface area contributed by atoms with E-state index in [-0.39, 0.29) is 17.5 Å². The van der Waals surface area contributed by atoms with Gasteiger partial charge >= 0.3 is 0 Å². The quantitative estimate of drug-likeness (QED) is 0.910. The minimum absolute atomic E-state index is 0.0484. The summed E-state index contributed by atoms with van der Waals surface area (Å²) in [7, 11) is 0. The highest BCUT2D eigenvalue weighted by molar-refractivity contribution is 5.53. The molecule has 0 radical (unpaired) electrons. The van der Waals surface area contributed by atoms with Crippen LogP contribution in [0.2, 0.25) is 0 Å². The lowest BCUT2D eigenvalue weighted by Gasteiger charge is -2.05. The van der Waals surface area contributed by atoms with Crippen LogP contribution in [-0.2, 0) is 0 Å². The maximum atomic E-state index is 13.5. The van der Waals surface area contributed by atoms with Crippen LogP contribution in [0.5, 0.6) is 0 Å². The first-order valence-electron chi connectivity index (χ1n) is 5.64. The third kappa shape index (κ3) is 2.53. The second-order valence-corrected chi connectivity index (χ2v) is 3.85. The van der Waals surface area contributed by atoms with Crippen LogP contribution in [0.15, 0.2) is 22.6 Å². The Hall–Kier alpha value is -1.82. The van der Waals surface area contributed by atoms with E-state index in [2.05, 4.69) is 15.5 Å². The molecule has 0 spiro atoms. The van der Waals surface area contributed by atoms with Crippen LogP contribution in [0.3, 0.4) is 0 Å². The summed E-state index contributed by atoms with van der Waals surface area (Å²) in [6.45, 7) is 4.57. The Morgan fingerprint density at radius 1 is 1.33 bits per heavy atom. The van der Waals surface area contributed by atoms with E-state index in [1.807, 2.05) is 13.8 Å². The molecule has 0 aliphatic heterocycles. The van der Waals surface area contributed by atoms with Gasteiger partial charge in [-0.25, -0.2) is 8.78 Å². The molecule has 0 saturated carbocycles. The highest BCUT2D eigenvalue weighted by atomic mass is 19.1. The van der Waals surface area contributed by atoms with E-state index in [1.54, 1.807) is 0 Å². The van der Waals surface area contributed by atoms with Crippen molar-refractivity contribution in [2.24, 2.45) is 0 Å². The van der Waals surface area contributed by atoms with Crippen LogP contribution in [0, 0.1) is 11.6 Å². The Bertz CT molecular complexity index is 542. The van der Waals surface area contributed by atoms with E-state index in [0.717, 1.165) is 18.7 Å². The van der Waals surface area contributed by atoms with Gasteiger partial charge in [0.2, 0.25) is 5.89 Å². The Labute approximate surface area is 103 Å². The predicted octanol–water partition coefficient (Wildman–Crippen LogP) is 2.69. The van der Waals surface area contributed by atoms with Gasteiger partial charge in [0.25, 0.3) is 5.89 Å². The molecule has 2 rings (SSSR count). The number of benzene rings is 1. The topological polar surface area (TPSA) is 51.0 Å². The van der Waals surface area contributed by atoms with Crippen LogP contribution >= 0.6 is 0 Å². The fraction of sp³-hybridized carbons (Fsp3) is 0.333. The largest absolute Gasteiger partial charge is 0.419 e. The van der Waals surface area contributed by atoms with Crippen LogP contribution in [-0.4, -0.2) is 16.7 Å². The van der Waals surface area contributed by atoms with Gasteiger partial charge in [0.15, 0.2) is 0 Å². The zero-order chi connectivity index (χ0) is 13.1. The van der Waals surface area contributed by atoms with Crippen molar-refractivity contribution < 1.29 is 13.2 Å². The molecule has 0 bridgehead atoms. The number of aromatic nitrogens is 2. The van der Waals surface area contributed by atoms with Crippen LogP contribution in [0.4, 0.5) is 8.78 Å². The van der Waals surface area contributed by atoms with Gasteiger partial charge in [-0.2, -0.15) is 0 Å². The van der Waals surface area contributed by atoms with E-state index in [4.69, 9.17) is 4.42 Å². The van der Waals surface area contributed by atoms with Crippen molar-refractivity contribution in [1.29, 1.82) is 0 Å². The lowest BCUT2D eigenvalue weighted by atomic mass is 10.2. The number of nitrogens with zero attached hydrogens (tertiary/aromatic N) is 2. The molecule has 96 valence electrons. The summed E-state index contributed by atoms with van der Waals surface area (Å²) in [5.41, 5.74) is 0.0962. The van der Waals surface area contributed by atoms with E-state index in [9.17, 15) is 8.78 Å². The second-order valence-electron chi connectivity index (χ2n) is 3.85. The molecule has 0 aliphatic rings. The summed E-state index contributed by atoms with van der Waals surface area (Å²) in [5.74, 6) is -0.943. The highest BCUT2D eigenvalue weighted by Gasteiger charge is 2.16. The lowest BCUT2D eigenvalue weighted by Crippen LogP contribution is -2.17. The Balaban J connectivity index is 2.29. The van der Waals surface area contributed by atoms with Gasteiger partial charge in [0.05, 0.1) is 11.6 Å². The summed E-state index contributed by atoms with van der Waals surface area (Å²) >= 11 is 0. The van der Waals surface area contributed by atoms with Gasteiger partial charge < -0.3 is 9.73 Å². The first-order valence-corrected chi connectivity index (χ1v) is 5.64.